The van der Waals surface area contributed by atoms with Gasteiger partial charge in [0.25, 0.3) is 5.91 Å². The van der Waals surface area contributed by atoms with Crippen LogP contribution < -0.4 is 11.1 Å². The lowest BCUT2D eigenvalue weighted by Crippen LogP contribution is -2.53. The van der Waals surface area contributed by atoms with Gasteiger partial charge in [-0.25, -0.2) is 9.07 Å². The van der Waals surface area contributed by atoms with Crippen molar-refractivity contribution in [3.8, 4) is 5.69 Å². The fourth-order valence-electron chi connectivity index (χ4n) is 4.47. The van der Waals surface area contributed by atoms with Crippen molar-refractivity contribution in [2.75, 3.05) is 0 Å². The molecule has 0 saturated heterocycles. The second kappa shape index (κ2) is 6.59. The number of benzene rings is 1. The molecule has 1 aromatic carbocycles. The van der Waals surface area contributed by atoms with Gasteiger partial charge in [-0.15, -0.1) is 0 Å². The van der Waals surface area contributed by atoms with Crippen LogP contribution >= 0.6 is 0 Å². The molecule has 1 amide bonds. The second-order valence-corrected chi connectivity index (χ2v) is 7.28. The Hall–Kier alpha value is -2.21. The van der Waals surface area contributed by atoms with Crippen molar-refractivity contribution in [1.29, 1.82) is 0 Å². The topological polar surface area (TPSA) is 72.9 Å². The van der Waals surface area contributed by atoms with Gasteiger partial charge in [-0.1, -0.05) is 18.6 Å². The summed E-state index contributed by atoms with van der Waals surface area (Å²) >= 11 is 0. The Morgan fingerprint density at radius 2 is 1.92 bits per heavy atom. The summed E-state index contributed by atoms with van der Waals surface area (Å²) in [6.45, 7) is 0. The maximum absolute atomic E-state index is 13.9. The number of nitrogens with one attached hydrogen (secondary N) is 1. The van der Waals surface area contributed by atoms with Crippen LogP contribution in [0.2, 0.25) is 0 Å². The van der Waals surface area contributed by atoms with Gasteiger partial charge in [0.2, 0.25) is 0 Å². The number of rotatable bonds is 3. The molecule has 0 radical (unpaired) electrons. The summed E-state index contributed by atoms with van der Waals surface area (Å²) in [5.41, 5.74) is 6.80. The Morgan fingerprint density at radius 3 is 2.64 bits per heavy atom. The Labute approximate surface area is 146 Å². The largest absolute Gasteiger partial charge is 0.347 e. The van der Waals surface area contributed by atoms with E-state index in [1.165, 1.54) is 17.2 Å². The minimum Gasteiger partial charge on any atom is -0.347 e. The van der Waals surface area contributed by atoms with E-state index in [4.69, 9.17) is 5.73 Å². The molecule has 5 nitrogen and oxygen atoms in total. The summed E-state index contributed by atoms with van der Waals surface area (Å²) in [6, 6.07) is 8.45. The third kappa shape index (κ3) is 3.18. The predicted molar refractivity (Wildman–Crippen MR) is 92.8 cm³/mol. The number of aromatic nitrogens is 2. The van der Waals surface area contributed by atoms with Crippen LogP contribution in [0.1, 0.15) is 42.6 Å². The number of nitrogens with zero attached hydrogens (tertiary/aromatic N) is 2. The van der Waals surface area contributed by atoms with Crippen molar-refractivity contribution in [2.24, 2.45) is 17.6 Å². The molecular weight excluding hydrogens is 319 g/mol. The number of hydrogen-bond acceptors (Lipinski definition) is 3. The summed E-state index contributed by atoms with van der Waals surface area (Å²) in [5, 5.41) is 7.43. The molecule has 132 valence electrons. The maximum Gasteiger partial charge on any atom is 0.272 e. The van der Waals surface area contributed by atoms with Crippen LogP contribution in [-0.2, 0) is 0 Å². The zero-order chi connectivity index (χ0) is 17.4. The SMILES string of the molecule is NC1CC2CCCC(C1)C2NC(=O)c1ccn(-c2ccccc2F)n1. The highest BCUT2D eigenvalue weighted by Crippen LogP contribution is 2.39. The van der Waals surface area contributed by atoms with E-state index in [9.17, 15) is 9.18 Å². The molecule has 1 aromatic heterocycles. The highest BCUT2D eigenvalue weighted by atomic mass is 19.1. The Balaban J connectivity index is 1.50. The minimum absolute atomic E-state index is 0.180. The molecule has 0 aliphatic heterocycles. The monoisotopic (exact) mass is 342 g/mol. The van der Waals surface area contributed by atoms with Crippen LogP contribution in [0, 0.1) is 17.7 Å². The van der Waals surface area contributed by atoms with Crippen LogP contribution in [0.25, 0.3) is 5.69 Å². The molecule has 25 heavy (non-hydrogen) atoms. The number of halogens is 1. The number of amides is 1. The first kappa shape index (κ1) is 16.3. The molecular formula is C19H23FN4O. The Kier molecular flexibility index (Phi) is 4.29. The summed E-state index contributed by atoms with van der Waals surface area (Å²) in [5.74, 6) is 0.362. The van der Waals surface area contributed by atoms with Crippen molar-refractivity contribution in [1.82, 2.24) is 15.1 Å². The average Bonchev–Trinajstić information content (AvgIpc) is 3.06. The first-order chi connectivity index (χ1) is 12.1. The van der Waals surface area contributed by atoms with Crippen LogP contribution in [0.15, 0.2) is 36.5 Å². The first-order valence-corrected chi connectivity index (χ1v) is 8.99. The van der Waals surface area contributed by atoms with Gasteiger partial charge >= 0.3 is 0 Å². The Morgan fingerprint density at radius 1 is 1.20 bits per heavy atom. The smallest absolute Gasteiger partial charge is 0.272 e. The molecule has 2 fully saturated rings. The van der Waals surface area contributed by atoms with E-state index in [1.54, 1.807) is 30.5 Å². The molecule has 2 unspecified atom stereocenters. The lowest BCUT2D eigenvalue weighted by atomic mass is 9.67. The molecule has 0 spiro atoms. The van der Waals surface area contributed by atoms with Gasteiger partial charge in [-0.2, -0.15) is 5.10 Å². The normalized spacial score (nSPS) is 28.6. The molecule has 3 N–H and O–H groups in total. The molecule has 2 aliphatic carbocycles. The van der Waals surface area contributed by atoms with E-state index in [2.05, 4.69) is 10.4 Å². The molecule has 2 bridgehead atoms. The van der Waals surface area contributed by atoms with Crippen molar-refractivity contribution in [3.63, 3.8) is 0 Å². The highest BCUT2D eigenvalue weighted by Gasteiger charge is 2.40. The third-order valence-electron chi connectivity index (χ3n) is 5.60. The fourth-order valence-corrected chi connectivity index (χ4v) is 4.47. The van der Waals surface area contributed by atoms with Gasteiger partial charge in [-0.05, 0) is 55.7 Å². The van der Waals surface area contributed by atoms with E-state index < -0.39 is 0 Å². The van der Waals surface area contributed by atoms with E-state index in [0.29, 0.717) is 23.2 Å². The summed E-state index contributed by atoms with van der Waals surface area (Å²) < 4.78 is 15.3. The van der Waals surface area contributed by atoms with E-state index in [-0.39, 0.29) is 23.8 Å². The molecule has 2 saturated carbocycles. The number of fused-ring (bicyclic) bond motifs is 2. The van der Waals surface area contributed by atoms with Crippen molar-refractivity contribution in [3.05, 3.63) is 48.0 Å². The van der Waals surface area contributed by atoms with Crippen molar-refractivity contribution < 1.29 is 9.18 Å². The molecule has 1 heterocycles. The standard InChI is InChI=1S/C19H23FN4O/c20-15-6-1-2-7-17(15)24-9-8-16(23-24)19(25)22-18-12-4-3-5-13(18)11-14(21)10-12/h1-2,6-9,12-14,18H,3-5,10-11,21H2,(H,22,25). The van der Waals surface area contributed by atoms with Crippen molar-refractivity contribution >= 4 is 5.91 Å². The molecule has 2 aliphatic rings. The lowest BCUT2D eigenvalue weighted by molar-refractivity contribution is 0.0751. The number of para-hydroxylation sites is 1. The fraction of sp³-hybridized carbons (Fsp3) is 0.474. The second-order valence-electron chi connectivity index (χ2n) is 7.28. The zero-order valence-corrected chi connectivity index (χ0v) is 14.1. The van der Waals surface area contributed by atoms with Gasteiger partial charge in [0.1, 0.15) is 11.5 Å². The minimum atomic E-state index is -0.367. The third-order valence-corrected chi connectivity index (χ3v) is 5.60. The zero-order valence-electron chi connectivity index (χ0n) is 14.1. The van der Waals surface area contributed by atoms with Gasteiger partial charge in [0, 0.05) is 18.3 Å². The number of nitrogens with two attached hydrogens (primary N) is 1. The van der Waals surface area contributed by atoms with Crippen LogP contribution in [-0.4, -0.2) is 27.8 Å². The molecule has 6 heteroatoms. The molecule has 4 rings (SSSR count). The van der Waals surface area contributed by atoms with Gasteiger partial charge in [-0.3, -0.25) is 4.79 Å². The lowest BCUT2D eigenvalue weighted by Gasteiger charge is -2.45. The number of hydrogen-bond donors (Lipinski definition) is 2. The average molecular weight is 342 g/mol. The summed E-state index contributed by atoms with van der Waals surface area (Å²) in [4.78, 5) is 12.6. The van der Waals surface area contributed by atoms with Gasteiger partial charge < -0.3 is 11.1 Å². The Bertz CT molecular complexity index is 760. The van der Waals surface area contributed by atoms with E-state index >= 15 is 0 Å². The van der Waals surface area contributed by atoms with E-state index in [1.807, 2.05) is 0 Å². The predicted octanol–water partition coefficient (Wildman–Crippen LogP) is 2.65. The maximum atomic E-state index is 13.9. The summed E-state index contributed by atoms with van der Waals surface area (Å²) in [7, 11) is 0. The molecule has 2 atom stereocenters. The van der Waals surface area contributed by atoms with Gasteiger partial charge in [0.15, 0.2) is 5.69 Å². The quantitative estimate of drug-likeness (QED) is 0.901. The first-order valence-electron chi connectivity index (χ1n) is 8.99. The van der Waals surface area contributed by atoms with Gasteiger partial charge in [0.05, 0.1) is 0 Å². The van der Waals surface area contributed by atoms with Crippen LogP contribution in [0.4, 0.5) is 4.39 Å². The van der Waals surface area contributed by atoms with Crippen molar-refractivity contribution in [2.45, 2.75) is 44.2 Å². The molecule has 2 aromatic rings. The highest BCUT2D eigenvalue weighted by molar-refractivity contribution is 5.92. The van der Waals surface area contributed by atoms with E-state index in [0.717, 1.165) is 25.7 Å². The van der Waals surface area contributed by atoms with Crippen LogP contribution in [0.3, 0.4) is 0 Å². The summed E-state index contributed by atoms with van der Waals surface area (Å²) in [6.07, 6.45) is 7.04. The van der Waals surface area contributed by atoms with Crippen LogP contribution in [0.5, 0.6) is 0 Å². The number of carbonyl (C=O) groups excluding carboxylic acids is 1. The number of carbonyl (C=O) groups is 1.